The lowest BCUT2D eigenvalue weighted by atomic mass is 10.1. The summed E-state index contributed by atoms with van der Waals surface area (Å²) in [6, 6.07) is 6.93. The smallest absolute Gasteiger partial charge is 0.319 e. The zero-order chi connectivity index (χ0) is 15.1. The normalized spacial score (nSPS) is 17.4. The summed E-state index contributed by atoms with van der Waals surface area (Å²) in [6.07, 6.45) is 2.65. The average Bonchev–Trinajstić information content (AvgIpc) is 2.97. The van der Waals surface area contributed by atoms with Gasteiger partial charge in [0.2, 0.25) is 0 Å². The molecule has 1 heterocycles. The van der Waals surface area contributed by atoms with Gasteiger partial charge in [0.1, 0.15) is 0 Å². The zero-order valence-corrected chi connectivity index (χ0v) is 11.8. The number of amides is 2. The second-order valence-electron chi connectivity index (χ2n) is 5.06. The fraction of sp³-hybridized carbons (Fsp3) is 0.467. The van der Waals surface area contributed by atoms with Crippen molar-refractivity contribution in [1.82, 2.24) is 5.32 Å². The van der Waals surface area contributed by atoms with E-state index in [1.807, 2.05) is 6.07 Å². The number of carbonyl (C=O) groups is 2. The SMILES string of the molecule is O=C(O)CCc1cccc(NC(=O)NCC2CCCO2)c1. The van der Waals surface area contributed by atoms with Crippen LogP contribution < -0.4 is 10.6 Å². The van der Waals surface area contributed by atoms with Crippen molar-refractivity contribution in [2.75, 3.05) is 18.5 Å². The Labute approximate surface area is 123 Å². The summed E-state index contributed by atoms with van der Waals surface area (Å²) in [6.45, 7) is 1.27. The van der Waals surface area contributed by atoms with Crippen LogP contribution in [0, 0.1) is 0 Å². The van der Waals surface area contributed by atoms with Gasteiger partial charge in [-0.15, -0.1) is 0 Å². The van der Waals surface area contributed by atoms with Crippen molar-refractivity contribution in [2.24, 2.45) is 0 Å². The van der Waals surface area contributed by atoms with E-state index in [1.165, 1.54) is 0 Å². The first-order valence-electron chi connectivity index (χ1n) is 7.10. The topological polar surface area (TPSA) is 87.7 Å². The number of ether oxygens (including phenoxy) is 1. The maximum atomic E-state index is 11.8. The fourth-order valence-corrected chi connectivity index (χ4v) is 2.24. The highest BCUT2D eigenvalue weighted by Crippen LogP contribution is 2.13. The van der Waals surface area contributed by atoms with Crippen molar-refractivity contribution >= 4 is 17.7 Å². The van der Waals surface area contributed by atoms with Gasteiger partial charge < -0.3 is 20.5 Å². The largest absolute Gasteiger partial charge is 0.481 e. The molecule has 0 spiro atoms. The molecular weight excluding hydrogens is 272 g/mol. The van der Waals surface area contributed by atoms with Gasteiger partial charge in [0, 0.05) is 25.3 Å². The molecule has 1 unspecified atom stereocenters. The minimum Gasteiger partial charge on any atom is -0.481 e. The van der Waals surface area contributed by atoms with Crippen LogP contribution in [0.3, 0.4) is 0 Å². The van der Waals surface area contributed by atoms with Crippen molar-refractivity contribution in [3.63, 3.8) is 0 Å². The van der Waals surface area contributed by atoms with Gasteiger partial charge in [-0.2, -0.15) is 0 Å². The summed E-state index contributed by atoms with van der Waals surface area (Å²) in [7, 11) is 0. The highest BCUT2D eigenvalue weighted by Gasteiger charge is 2.16. The lowest BCUT2D eigenvalue weighted by molar-refractivity contribution is -0.136. The Hall–Kier alpha value is -2.08. The minimum atomic E-state index is -0.831. The molecule has 6 nitrogen and oxygen atoms in total. The summed E-state index contributed by atoms with van der Waals surface area (Å²) in [5, 5.41) is 14.2. The molecule has 0 radical (unpaired) electrons. The number of rotatable bonds is 6. The Balaban J connectivity index is 1.79. The van der Waals surface area contributed by atoms with E-state index in [-0.39, 0.29) is 18.6 Å². The van der Waals surface area contributed by atoms with E-state index in [9.17, 15) is 9.59 Å². The van der Waals surface area contributed by atoms with E-state index in [1.54, 1.807) is 18.2 Å². The minimum absolute atomic E-state index is 0.0780. The van der Waals surface area contributed by atoms with Gasteiger partial charge in [0.05, 0.1) is 6.10 Å². The van der Waals surface area contributed by atoms with Gasteiger partial charge in [-0.05, 0) is 37.0 Å². The van der Waals surface area contributed by atoms with Crippen molar-refractivity contribution in [3.8, 4) is 0 Å². The quantitative estimate of drug-likeness (QED) is 0.748. The van der Waals surface area contributed by atoms with Crippen LogP contribution in [-0.2, 0) is 16.0 Å². The monoisotopic (exact) mass is 292 g/mol. The predicted octanol–water partition coefficient (Wildman–Crippen LogP) is 2.00. The van der Waals surface area contributed by atoms with Crippen molar-refractivity contribution < 1.29 is 19.4 Å². The van der Waals surface area contributed by atoms with Crippen LogP contribution in [0.2, 0.25) is 0 Å². The second-order valence-corrected chi connectivity index (χ2v) is 5.06. The number of hydrogen-bond donors (Lipinski definition) is 3. The first kappa shape index (κ1) is 15.3. The number of benzene rings is 1. The van der Waals surface area contributed by atoms with E-state index in [0.29, 0.717) is 18.7 Å². The van der Waals surface area contributed by atoms with Crippen LogP contribution in [0.1, 0.15) is 24.8 Å². The molecule has 1 aromatic carbocycles. The maximum absolute atomic E-state index is 11.8. The molecule has 6 heteroatoms. The number of carboxylic acids is 1. The van der Waals surface area contributed by atoms with Crippen LogP contribution in [0.4, 0.5) is 10.5 Å². The van der Waals surface area contributed by atoms with Crippen LogP contribution in [0.5, 0.6) is 0 Å². The van der Waals surface area contributed by atoms with Crippen molar-refractivity contribution in [3.05, 3.63) is 29.8 Å². The highest BCUT2D eigenvalue weighted by molar-refractivity contribution is 5.89. The van der Waals surface area contributed by atoms with Gasteiger partial charge in [0.15, 0.2) is 0 Å². The molecule has 0 bridgehead atoms. The Kier molecular flexibility index (Phi) is 5.57. The Morgan fingerprint density at radius 3 is 2.95 bits per heavy atom. The molecule has 0 aliphatic carbocycles. The molecule has 1 saturated heterocycles. The number of anilines is 1. The molecule has 114 valence electrons. The number of hydrogen-bond acceptors (Lipinski definition) is 3. The summed E-state index contributed by atoms with van der Waals surface area (Å²) in [5.74, 6) is -0.831. The molecule has 1 aromatic rings. The molecule has 1 atom stereocenters. The molecule has 2 amide bonds. The number of aliphatic carboxylic acids is 1. The second kappa shape index (κ2) is 7.64. The highest BCUT2D eigenvalue weighted by atomic mass is 16.5. The van der Waals surface area contributed by atoms with Gasteiger partial charge in [-0.25, -0.2) is 4.79 Å². The van der Waals surface area contributed by atoms with Crippen LogP contribution in [0.15, 0.2) is 24.3 Å². The van der Waals surface area contributed by atoms with Gasteiger partial charge >= 0.3 is 12.0 Å². The van der Waals surface area contributed by atoms with Crippen molar-refractivity contribution in [2.45, 2.75) is 31.8 Å². The molecule has 1 aliphatic rings. The fourth-order valence-electron chi connectivity index (χ4n) is 2.24. The third kappa shape index (κ3) is 5.43. The van der Waals surface area contributed by atoms with Crippen LogP contribution >= 0.6 is 0 Å². The van der Waals surface area contributed by atoms with Crippen molar-refractivity contribution in [1.29, 1.82) is 0 Å². The summed E-state index contributed by atoms with van der Waals surface area (Å²) in [5.41, 5.74) is 1.54. The molecule has 0 aromatic heterocycles. The lowest BCUT2D eigenvalue weighted by Crippen LogP contribution is -2.35. The standard InChI is InChI=1S/C15H20N2O4/c18-14(19)7-6-11-3-1-4-12(9-11)17-15(20)16-10-13-5-2-8-21-13/h1,3-4,9,13H,2,5-8,10H2,(H,18,19)(H2,16,17,20). The third-order valence-corrected chi connectivity index (χ3v) is 3.33. The number of aryl methyl sites for hydroxylation is 1. The first-order chi connectivity index (χ1) is 10.1. The number of carbonyl (C=O) groups excluding carboxylic acids is 1. The van der Waals surface area contributed by atoms with E-state index in [4.69, 9.17) is 9.84 Å². The summed E-state index contributed by atoms with van der Waals surface area (Å²) < 4.78 is 5.43. The zero-order valence-electron chi connectivity index (χ0n) is 11.8. The first-order valence-corrected chi connectivity index (χ1v) is 7.10. The number of nitrogens with one attached hydrogen (secondary N) is 2. The van der Waals surface area contributed by atoms with E-state index in [0.717, 1.165) is 25.0 Å². The molecule has 0 saturated carbocycles. The molecule has 1 fully saturated rings. The third-order valence-electron chi connectivity index (χ3n) is 3.33. The number of urea groups is 1. The van der Waals surface area contributed by atoms with E-state index >= 15 is 0 Å². The van der Waals surface area contributed by atoms with Gasteiger partial charge in [-0.3, -0.25) is 4.79 Å². The molecule has 21 heavy (non-hydrogen) atoms. The Morgan fingerprint density at radius 2 is 2.24 bits per heavy atom. The Bertz CT molecular complexity index is 498. The Morgan fingerprint density at radius 1 is 1.38 bits per heavy atom. The summed E-state index contributed by atoms with van der Waals surface area (Å²) >= 11 is 0. The maximum Gasteiger partial charge on any atom is 0.319 e. The molecule has 2 rings (SSSR count). The average molecular weight is 292 g/mol. The van der Waals surface area contributed by atoms with E-state index in [2.05, 4.69) is 10.6 Å². The summed E-state index contributed by atoms with van der Waals surface area (Å²) in [4.78, 5) is 22.3. The molecular formula is C15H20N2O4. The van der Waals surface area contributed by atoms with E-state index < -0.39 is 5.97 Å². The molecule has 1 aliphatic heterocycles. The van der Waals surface area contributed by atoms with Gasteiger partial charge in [-0.1, -0.05) is 12.1 Å². The van der Waals surface area contributed by atoms with Crippen LogP contribution in [-0.4, -0.2) is 36.4 Å². The molecule has 3 N–H and O–H groups in total. The van der Waals surface area contributed by atoms with Gasteiger partial charge in [0.25, 0.3) is 0 Å². The van der Waals surface area contributed by atoms with Crippen LogP contribution in [0.25, 0.3) is 0 Å². The lowest BCUT2D eigenvalue weighted by Gasteiger charge is -2.12. The predicted molar refractivity (Wildman–Crippen MR) is 78.4 cm³/mol. The number of carboxylic acid groups (broad SMARTS) is 1.